The van der Waals surface area contributed by atoms with Gasteiger partial charge in [0.2, 0.25) is 5.89 Å². The van der Waals surface area contributed by atoms with Crippen molar-refractivity contribution in [3.05, 3.63) is 33.6 Å². The molecule has 0 aliphatic carbocycles. The molecule has 1 fully saturated rings. The third-order valence-corrected chi connectivity index (χ3v) is 5.90. The van der Waals surface area contributed by atoms with E-state index in [9.17, 15) is 0 Å². The Morgan fingerprint density at radius 1 is 1.46 bits per heavy atom. The van der Waals surface area contributed by atoms with Crippen molar-refractivity contribution in [3.63, 3.8) is 0 Å². The summed E-state index contributed by atoms with van der Waals surface area (Å²) in [4.78, 5) is 12.3. The van der Waals surface area contributed by atoms with Gasteiger partial charge in [0.1, 0.15) is 0 Å². The van der Waals surface area contributed by atoms with Gasteiger partial charge in [-0.05, 0) is 51.9 Å². The van der Waals surface area contributed by atoms with Crippen molar-refractivity contribution in [1.82, 2.24) is 19.9 Å². The number of aryl methyl sites for hydroxylation is 2. The van der Waals surface area contributed by atoms with Crippen LogP contribution in [-0.2, 0) is 13.0 Å². The second-order valence-electron chi connectivity index (χ2n) is 6.92. The van der Waals surface area contributed by atoms with E-state index in [0.29, 0.717) is 5.92 Å². The average Bonchev–Trinajstić information content (AvgIpc) is 3.28. The number of rotatable bonds is 7. The van der Waals surface area contributed by atoms with Crippen LogP contribution in [0.5, 0.6) is 0 Å². The zero-order valence-electron chi connectivity index (χ0n) is 15.2. The zero-order chi connectivity index (χ0) is 17.1. The van der Waals surface area contributed by atoms with Gasteiger partial charge < -0.3 is 4.52 Å². The fourth-order valence-electron chi connectivity index (χ4n) is 3.33. The number of hydrogen-bond donors (Lipinski definition) is 0. The van der Waals surface area contributed by atoms with Crippen LogP contribution in [0.4, 0.5) is 0 Å². The monoisotopic (exact) mass is 348 g/mol. The molecule has 1 aliphatic rings. The molecule has 5 nitrogen and oxygen atoms in total. The van der Waals surface area contributed by atoms with Crippen molar-refractivity contribution in [2.75, 3.05) is 26.7 Å². The smallest absolute Gasteiger partial charge is 0.243 e. The topological polar surface area (TPSA) is 45.4 Å². The summed E-state index contributed by atoms with van der Waals surface area (Å²) >= 11 is 1.92. The van der Waals surface area contributed by atoms with Crippen molar-refractivity contribution in [3.8, 4) is 0 Å². The summed E-state index contributed by atoms with van der Waals surface area (Å²) in [6.45, 7) is 10.9. The molecule has 0 aromatic carbocycles. The lowest BCUT2D eigenvalue weighted by atomic mass is 10.1. The summed E-state index contributed by atoms with van der Waals surface area (Å²) in [6.07, 6.45) is 2.09. The van der Waals surface area contributed by atoms with Crippen molar-refractivity contribution in [2.24, 2.45) is 5.92 Å². The molecule has 0 spiro atoms. The average molecular weight is 349 g/mol. The van der Waals surface area contributed by atoms with E-state index in [2.05, 4.69) is 53.0 Å². The summed E-state index contributed by atoms with van der Waals surface area (Å²) in [6, 6.07) is 4.66. The maximum Gasteiger partial charge on any atom is 0.243 e. The number of likely N-dealkylation sites (tertiary alicyclic amines) is 1. The van der Waals surface area contributed by atoms with Crippen molar-refractivity contribution in [2.45, 2.75) is 46.2 Å². The molecule has 1 saturated heterocycles. The van der Waals surface area contributed by atoms with E-state index in [0.717, 1.165) is 31.2 Å². The highest BCUT2D eigenvalue weighted by atomic mass is 32.1. The molecule has 6 heteroatoms. The van der Waals surface area contributed by atoms with Gasteiger partial charge in [0, 0.05) is 35.8 Å². The van der Waals surface area contributed by atoms with Gasteiger partial charge in [-0.25, -0.2) is 0 Å². The first-order valence-corrected chi connectivity index (χ1v) is 9.67. The fourth-order valence-corrected chi connectivity index (χ4v) is 4.26. The Morgan fingerprint density at radius 3 is 2.96 bits per heavy atom. The van der Waals surface area contributed by atoms with Gasteiger partial charge in [-0.3, -0.25) is 9.80 Å². The third kappa shape index (κ3) is 4.23. The summed E-state index contributed by atoms with van der Waals surface area (Å²) in [7, 11) is 2.16. The van der Waals surface area contributed by atoms with E-state index in [1.165, 1.54) is 29.3 Å². The van der Waals surface area contributed by atoms with Gasteiger partial charge in [0.15, 0.2) is 5.82 Å². The second kappa shape index (κ2) is 7.76. The van der Waals surface area contributed by atoms with Gasteiger partial charge >= 0.3 is 0 Å². The first kappa shape index (κ1) is 17.6. The van der Waals surface area contributed by atoms with E-state index in [-0.39, 0.29) is 6.04 Å². The number of nitrogens with zero attached hydrogens (tertiary/aromatic N) is 4. The van der Waals surface area contributed by atoms with Gasteiger partial charge in [0.25, 0.3) is 0 Å². The molecular weight excluding hydrogens is 320 g/mol. The lowest BCUT2D eigenvalue weighted by Gasteiger charge is -2.25. The maximum absolute atomic E-state index is 5.39. The predicted octanol–water partition coefficient (Wildman–Crippen LogP) is 3.52. The van der Waals surface area contributed by atoms with Crippen LogP contribution in [0.3, 0.4) is 0 Å². The molecular formula is C18H28N4OS. The first-order valence-electron chi connectivity index (χ1n) is 8.85. The van der Waals surface area contributed by atoms with Crippen molar-refractivity contribution in [1.29, 1.82) is 0 Å². The molecule has 3 heterocycles. The Bertz CT molecular complexity index is 653. The number of thiophene rings is 1. The zero-order valence-corrected chi connectivity index (χ0v) is 16.0. The molecule has 0 amide bonds. The minimum atomic E-state index is 0.173. The summed E-state index contributed by atoms with van der Waals surface area (Å²) in [5, 5.41) is 4.01. The SMILES string of the molecule is CCc1noc([C@H](C)N(C)C[C@H]2CCN(Cc3ccc(C)s3)C2)n1. The first-order chi connectivity index (χ1) is 11.5. The highest BCUT2D eigenvalue weighted by Gasteiger charge is 2.27. The molecule has 0 N–H and O–H groups in total. The molecule has 3 rings (SSSR count). The highest BCUT2D eigenvalue weighted by molar-refractivity contribution is 7.11. The van der Waals surface area contributed by atoms with Crippen LogP contribution in [-0.4, -0.2) is 46.6 Å². The van der Waals surface area contributed by atoms with Crippen LogP contribution >= 0.6 is 11.3 Å². The lowest BCUT2D eigenvalue weighted by molar-refractivity contribution is 0.181. The van der Waals surface area contributed by atoms with Crippen LogP contribution in [0.1, 0.15) is 47.8 Å². The quantitative estimate of drug-likeness (QED) is 0.766. The minimum absolute atomic E-state index is 0.173. The van der Waals surface area contributed by atoms with Crippen LogP contribution in [0.25, 0.3) is 0 Å². The normalized spacial score (nSPS) is 20.1. The standard InChI is InChI=1S/C18H28N4OS/c1-5-17-19-18(23-20-17)14(3)21(4)10-15-8-9-22(11-15)12-16-7-6-13(2)24-16/h6-7,14-15H,5,8-12H2,1-4H3/t14-,15+/m0/s1. The fraction of sp³-hybridized carbons (Fsp3) is 0.667. The van der Waals surface area contributed by atoms with Crippen LogP contribution in [0.2, 0.25) is 0 Å². The molecule has 0 saturated carbocycles. The van der Waals surface area contributed by atoms with Gasteiger partial charge in [-0.15, -0.1) is 11.3 Å². The Labute approximate surface area is 148 Å². The van der Waals surface area contributed by atoms with Crippen molar-refractivity contribution < 1.29 is 4.52 Å². The van der Waals surface area contributed by atoms with E-state index in [4.69, 9.17) is 4.52 Å². The molecule has 1 aliphatic heterocycles. The molecule has 2 aromatic rings. The molecule has 0 unspecified atom stereocenters. The van der Waals surface area contributed by atoms with Gasteiger partial charge in [0.05, 0.1) is 6.04 Å². The molecule has 2 atom stereocenters. The Morgan fingerprint density at radius 2 is 2.29 bits per heavy atom. The van der Waals surface area contributed by atoms with Gasteiger partial charge in [-0.2, -0.15) is 4.98 Å². The van der Waals surface area contributed by atoms with Crippen LogP contribution in [0, 0.1) is 12.8 Å². The molecule has 0 radical (unpaired) electrons. The van der Waals surface area contributed by atoms with E-state index in [1.54, 1.807) is 0 Å². The lowest BCUT2D eigenvalue weighted by Crippen LogP contribution is -2.30. The van der Waals surface area contributed by atoms with Crippen LogP contribution < -0.4 is 0 Å². The molecule has 2 aromatic heterocycles. The Balaban J connectivity index is 1.49. The largest absolute Gasteiger partial charge is 0.338 e. The van der Waals surface area contributed by atoms with Gasteiger partial charge in [-0.1, -0.05) is 12.1 Å². The molecule has 24 heavy (non-hydrogen) atoms. The van der Waals surface area contributed by atoms with E-state index < -0.39 is 0 Å². The van der Waals surface area contributed by atoms with E-state index >= 15 is 0 Å². The summed E-state index contributed by atoms with van der Waals surface area (Å²) in [5.74, 6) is 2.24. The third-order valence-electron chi connectivity index (χ3n) is 4.91. The highest BCUT2D eigenvalue weighted by Crippen LogP contribution is 2.25. The summed E-state index contributed by atoms with van der Waals surface area (Å²) in [5.41, 5.74) is 0. The van der Waals surface area contributed by atoms with Crippen LogP contribution in [0.15, 0.2) is 16.7 Å². The van der Waals surface area contributed by atoms with E-state index in [1.807, 2.05) is 18.3 Å². The maximum atomic E-state index is 5.39. The molecule has 132 valence electrons. The Hall–Kier alpha value is -1.24. The number of aromatic nitrogens is 2. The number of hydrogen-bond acceptors (Lipinski definition) is 6. The summed E-state index contributed by atoms with van der Waals surface area (Å²) < 4.78 is 5.39. The van der Waals surface area contributed by atoms with Crippen molar-refractivity contribution >= 4 is 11.3 Å². The molecule has 0 bridgehead atoms. The minimum Gasteiger partial charge on any atom is -0.338 e. The predicted molar refractivity (Wildman–Crippen MR) is 97.2 cm³/mol. The Kier molecular flexibility index (Phi) is 5.69. The second-order valence-corrected chi connectivity index (χ2v) is 8.29.